The molecule has 0 atom stereocenters. The first-order valence-corrected chi connectivity index (χ1v) is 5.72. The van der Waals surface area contributed by atoms with Crippen molar-refractivity contribution >= 4 is 11.6 Å². The summed E-state index contributed by atoms with van der Waals surface area (Å²) in [6, 6.07) is 0. The van der Waals surface area contributed by atoms with Gasteiger partial charge in [-0.3, -0.25) is 9.25 Å². The third-order valence-corrected chi connectivity index (χ3v) is 3.13. The van der Waals surface area contributed by atoms with Gasteiger partial charge >= 0.3 is 5.69 Å². The van der Waals surface area contributed by atoms with E-state index in [4.69, 9.17) is 11.6 Å². The summed E-state index contributed by atoms with van der Waals surface area (Å²) in [5.41, 5.74) is 1.42. The molecule has 0 radical (unpaired) electrons. The van der Waals surface area contributed by atoms with Crippen molar-refractivity contribution in [1.29, 1.82) is 0 Å². The minimum Gasteiger partial charge on any atom is -0.285 e. The van der Waals surface area contributed by atoms with Gasteiger partial charge in [0.25, 0.3) is 0 Å². The second kappa shape index (κ2) is 4.37. The molecule has 2 heterocycles. The molecule has 0 aliphatic carbocycles. The molecular weight excluding hydrogens is 242 g/mol. The van der Waals surface area contributed by atoms with E-state index in [0.717, 1.165) is 11.4 Å². The zero-order chi connectivity index (χ0) is 12.6. The Balaban J connectivity index is 2.42. The largest absolute Gasteiger partial charge is 0.345 e. The van der Waals surface area contributed by atoms with Crippen LogP contribution in [0.1, 0.15) is 18.3 Å². The van der Waals surface area contributed by atoms with Gasteiger partial charge < -0.3 is 0 Å². The molecule has 0 saturated carbocycles. The monoisotopic (exact) mass is 255 g/mol. The summed E-state index contributed by atoms with van der Waals surface area (Å²) in [7, 11) is 1.66. The molecule has 17 heavy (non-hydrogen) atoms. The third-order valence-electron chi connectivity index (χ3n) is 2.64. The number of aromatic nitrogens is 5. The van der Waals surface area contributed by atoms with Gasteiger partial charge in [-0.25, -0.2) is 9.48 Å². The highest BCUT2D eigenvalue weighted by Gasteiger charge is 2.14. The molecule has 7 heteroatoms. The molecule has 6 nitrogen and oxygen atoms in total. The summed E-state index contributed by atoms with van der Waals surface area (Å²) in [6.07, 6.45) is 1.48. The molecule has 0 aromatic carbocycles. The van der Waals surface area contributed by atoms with Crippen molar-refractivity contribution < 1.29 is 0 Å². The number of nitrogens with zero attached hydrogens (tertiary/aromatic N) is 5. The van der Waals surface area contributed by atoms with Crippen LogP contribution in [0.15, 0.2) is 11.1 Å². The topological polar surface area (TPSA) is 57.6 Å². The van der Waals surface area contributed by atoms with E-state index in [1.54, 1.807) is 11.7 Å². The van der Waals surface area contributed by atoms with Crippen LogP contribution in [-0.2, 0) is 20.1 Å². The lowest BCUT2D eigenvalue weighted by molar-refractivity contribution is 0.562. The van der Waals surface area contributed by atoms with Gasteiger partial charge in [0.05, 0.1) is 23.0 Å². The van der Waals surface area contributed by atoms with Crippen molar-refractivity contribution in [2.24, 2.45) is 7.05 Å². The van der Waals surface area contributed by atoms with Crippen LogP contribution in [0.4, 0.5) is 0 Å². The lowest BCUT2D eigenvalue weighted by Crippen LogP contribution is -2.24. The summed E-state index contributed by atoms with van der Waals surface area (Å²) < 4.78 is 4.58. The maximum atomic E-state index is 11.7. The van der Waals surface area contributed by atoms with Crippen molar-refractivity contribution in [1.82, 2.24) is 24.1 Å². The lowest BCUT2D eigenvalue weighted by atomic mass is 10.3. The van der Waals surface area contributed by atoms with Crippen molar-refractivity contribution in [3.63, 3.8) is 0 Å². The van der Waals surface area contributed by atoms with Gasteiger partial charge in [0, 0.05) is 13.6 Å². The number of hydrogen-bond acceptors (Lipinski definition) is 3. The molecule has 2 rings (SSSR count). The molecule has 0 aliphatic heterocycles. The average Bonchev–Trinajstić information content (AvgIpc) is 2.76. The third kappa shape index (κ3) is 2.00. The van der Waals surface area contributed by atoms with Crippen LogP contribution < -0.4 is 5.69 Å². The smallest absolute Gasteiger partial charge is 0.285 e. The fraction of sp³-hybridized carbons (Fsp3) is 0.500. The van der Waals surface area contributed by atoms with E-state index in [0.29, 0.717) is 18.1 Å². The van der Waals surface area contributed by atoms with Crippen LogP contribution in [0.2, 0.25) is 5.02 Å². The van der Waals surface area contributed by atoms with Crippen molar-refractivity contribution in [3.05, 3.63) is 33.2 Å². The second-order valence-corrected chi connectivity index (χ2v) is 4.22. The quantitative estimate of drug-likeness (QED) is 0.816. The minimum atomic E-state index is -0.164. The zero-order valence-electron chi connectivity index (χ0n) is 10.0. The first kappa shape index (κ1) is 11.9. The molecule has 0 fully saturated rings. The molecule has 92 valence electrons. The molecule has 0 aliphatic rings. The Labute approximate surface area is 103 Å². The Morgan fingerprint density at radius 1 is 1.41 bits per heavy atom. The highest BCUT2D eigenvalue weighted by atomic mass is 35.5. The van der Waals surface area contributed by atoms with Crippen molar-refractivity contribution in [3.8, 4) is 0 Å². The van der Waals surface area contributed by atoms with Crippen molar-refractivity contribution in [2.75, 3.05) is 0 Å². The Hall–Kier alpha value is -1.56. The van der Waals surface area contributed by atoms with Gasteiger partial charge in [0.2, 0.25) is 0 Å². The predicted molar refractivity (Wildman–Crippen MR) is 64.2 cm³/mol. The molecule has 0 spiro atoms. The van der Waals surface area contributed by atoms with Gasteiger partial charge in [-0.2, -0.15) is 10.2 Å². The lowest BCUT2D eigenvalue weighted by Gasteiger charge is -2.04. The summed E-state index contributed by atoms with van der Waals surface area (Å²) in [5.74, 6) is 0. The zero-order valence-corrected chi connectivity index (χ0v) is 10.8. The summed E-state index contributed by atoms with van der Waals surface area (Å²) in [4.78, 5) is 11.7. The van der Waals surface area contributed by atoms with E-state index in [9.17, 15) is 4.79 Å². The predicted octanol–water partition coefficient (Wildman–Crippen LogP) is 0.808. The van der Waals surface area contributed by atoms with E-state index < -0.39 is 0 Å². The standard InChI is InChI=1S/C10H14ClN5O/c1-4-15-8(9(11)7(2)13-15)5-16-10(17)14(3)6-12-16/h6H,4-5H2,1-3H3. The van der Waals surface area contributed by atoms with Crippen LogP contribution in [0.25, 0.3) is 0 Å². The number of hydrogen-bond donors (Lipinski definition) is 0. The summed E-state index contributed by atoms with van der Waals surface area (Å²) in [5, 5.41) is 8.90. The number of rotatable bonds is 3. The molecule has 0 saturated heterocycles. The number of aryl methyl sites for hydroxylation is 3. The Morgan fingerprint density at radius 2 is 2.12 bits per heavy atom. The molecule has 0 amide bonds. The van der Waals surface area contributed by atoms with Gasteiger partial charge in [0.1, 0.15) is 6.33 Å². The van der Waals surface area contributed by atoms with Gasteiger partial charge in [-0.15, -0.1) is 0 Å². The summed E-state index contributed by atoms with van der Waals surface area (Å²) >= 11 is 6.17. The maximum Gasteiger partial charge on any atom is 0.345 e. The van der Waals surface area contributed by atoms with Gasteiger partial charge in [-0.1, -0.05) is 11.6 Å². The van der Waals surface area contributed by atoms with Crippen LogP contribution in [0, 0.1) is 6.92 Å². The number of halogens is 1. The second-order valence-electron chi connectivity index (χ2n) is 3.84. The van der Waals surface area contributed by atoms with Crippen LogP contribution in [0.3, 0.4) is 0 Å². The van der Waals surface area contributed by atoms with Crippen LogP contribution in [-0.4, -0.2) is 24.1 Å². The fourth-order valence-corrected chi connectivity index (χ4v) is 1.89. The van der Waals surface area contributed by atoms with E-state index in [1.165, 1.54) is 15.6 Å². The van der Waals surface area contributed by atoms with Crippen molar-refractivity contribution in [2.45, 2.75) is 26.9 Å². The van der Waals surface area contributed by atoms with Gasteiger partial charge in [-0.05, 0) is 13.8 Å². The first-order valence-electron chi connectivity index (χ1n) is 5.34. The molecule has 2 aromatic rings. The first-order chi connectivity index (χ1) is 8.04. The van der Waals surface area contributed by atoms with Gasteiger partial charge in [0.15, 0.2) is 0 Å². The fourth-order valence-electron chi connectivity index (χ4n) is 1.69. The molecular formula is C10H14ClN5O. The molecule has 0 unspecified atom stereocenters. The Kier molecular flexibility index (Phi) is 3.06. The summed E-state index contributed by atoms with van der Waals surface area (Å²) in [6.45, 7) is 4.88. The van der Waals surface area contributed by atoms with E-state index >= 15 is 0 Å². The SMILES string of the molecule is CCn1nc(C)c(Cl)c1Cn1ncn(C)c1=O. The highest BCUT2D eigenvalue weighted by Crippen LogP contribution is 2.20. The van der Waals surface area contributed by atoms with E-state index in [1.807, 2.05) is 13.8 Å². The Bertz CT molecular complexity index is 594. The molecule has 0 N–H and O–H groups in total. The van der Waals surface area contributed by atoms with E-state index in [-0.39, 0.29) is 5.69 Å². The Morgan fingerprint density at radius 3 is 2.65 bits per heavy atom. The highest BCUT2D eigenvalue weighted by molar-refractivity contribution is 6.31. The van der Waals surface area contributed by atoms with Crippen LogP contribution >= 0.6 is 11.6 Å². The normalized spacial score (nSPS) is 11.1. The maximum absolute atomic E-state index is 11.7. The van der Waals surface area contributed by atoms with Crippen LogP contribution in [0.5, 0.6) is 0 Å². The molecule has 0 bridgehead atoms. The van der Waals surface area contributed by atoms with E-state index in [2.05, 4.69) is 10.2 Å². The minimum absolute atomic E-state index is 0.164. The molecule has 2 aromatic heterocycles. The average molecular weight is 256 g/mol.